The first-order chi connectivity index (χ1) is 13.7. The Kier molecular flexibility index (Phi) is 7.98. The van der Waals surface area contributed by atoms with Gasteiger partial charge in [-0.15, -0.1) is 0 Å². The van der Waals surface area contributed by atoms with E-state index in [1.807, 2.05) is 6.92 Å². The minimum Gasteiger partial charge on any atom is -0.349 e. The van der Waals surface area contributed by atoms with Crippen molar-refractivity contribution in [1.29, 1.82) is 5.26 Å². The van der Waals surface area contributed by atoms with E-state index >= 15 is 0 Å². The molecule has 1 amide bonds. The average molecular weight is 410 g/mol. The van der Waals surface area contributed by atoms with Crippen LogP contribution in [-0.2, 0) is 11.2 Å². The fourth-order valence-electron chi connectivity index (χ4n) is 3.04. The summed E-state index contributed by atoms with van der Waals surface area (Å²) in [4.78, 5) is 28.3. The molecule has 2 rings (SSSR count). The number of hydrogen-bond donors (Lipinski definition) is 1. The van der Waals surface area contributed by atoms with Crippen molar-refractivity contribution in [2.24, 2.45) is 5.92 Å². The maximum Gasteiger partial charge on any atom is 0.230 e. The van der Waals surface area contributed by atoms with E-state index in [2.05, 4.69) is 54.5 Å². The van der Waals surface area contributed by atoms with Crippen LogP contribution >= 0.6 is 11.8 Å². The summed E-state index contributed by atoms with van der Waals surface area (Å²) in [5.74, 6) is 0.493. The number of pyridine rings is 1. The summed E-state index contributed by atoms with van der Waals surface area (Å²) in [5, 5.41) is 12.8. The lowest BCUT2D eigenvalue weighted by Crippen LogP contribution is -2.28. The summed E-state index contributed by atoms with van der Waals surface area (Å²) < 4.78 is 0. The van der Waals surface area contributed by atoms with Crippen LogP contribution in [0.3, 0.4) is 0 Å². The van der Waals surface area contributed by atoms with Gasteiger partial charge >= 0.3 is 0 Å². The highest BCUT2D eigenvalue weighted by molar-refractivity contribution is 8.00. The van der Waals surface area contributed by atoms with Crippen LogP contribution in [0.2, 0.25) is 0 Å². The third-order valence-electron chi connectivity index (χ3n) is 4.52. The standard InChI is InChI=1S/C23H27N3O2S/c1-14(2)10-18-6-8-19(9-7-18)15(3)25-22(28)13-29-23-20(12-24)11-21(17(5)27)16(4)26-23/h6-9,11,14-15H,10,13H2,1-5H3,(H,25,28). The molecule has 0 saturated carbocycles. The van der Waals surface area contributed by atoms with Gasteiger partial charge in [0, 0.05) is 11.3 Å². The summed E-state index contributed by atoms with van der Waals surface area (Å²) in [5.41, 5.74) is 3.65. The number of nitriles is 1. The molecule has 29 heavy (non-hydrogen) atoms. The number of nitrogens with one attached hydrogen (secondary N) is 1. The molecule has 6 heteroatoms. The van der Waals surface area contributed by atoms with Crippen LogP contribution in [0.5, 0.6) is 0 Å². The molecule has 0 saturated heterocycles. The topological polar surface area (TPSA) is 82.8 Å². The summed E-state index contributed by atoms with van der Waals surface area (Å²) in [6.07, 6.45) is 1.04. The fourth-order valence-corrected chi connectivity index (χ4v) is 3.86. The van der Waals surface area contributed by atoms with Crippen molar-refractivity contribution < 1.29 is 9.59 Å². The van der Waals surface area contributed by atoms with E-state index in [-0.39, 0.29) is 23.5 Å². The maximum atomic E-state index is 12.4. The van der Waals surface area contributed by atoms with Crippen LogP contribution in [0.1, 0.15) is 66.5 Å². The smallest absolute Gasteiger partial charge is 0.230 e. The lowest BCUT2D eigenvalue weighted by Gasteiger charge is -2.15. The van der Waals surface area contributed by atoms with Crippen LogP contribution < -0.4 is 5.32 Å². The molecular weight excluding hydrogens is 382 g/mol. The van der Waals surface area contributed by atoms with Gasteiger partial charge in [0.1, 0.15) is 11.1 Å². The highest BCUT2D eigenvalue weighted by atomic mass is 32.2. The molecule has 1 N–H and O–H groups in total. The van der Waals surface area contributed by atoms with E-state index in [1.54, 1.807) is 13.0 Å². The summed E-state index contributed by atoms with van der Waals surface area (Å²) in [6.45, 7) is 9.51. The molecule has 1 unspecified atom stereocenters. The zero-order chi connectivity index (χ0) is 21.6. The number of aryl methyl sites for hydroxylation is 1. The van der Waals surface area contributed by atoms with E-state index in [0.29, 0.717) is 27.8 Å². The molecule has 1 aromatic heterocycles. The quantitative estimate of drug-likeness (QED) is 0.507. The first-order valence-electron chi connectivity index (χ1n) is 9.65. The monoisotopic (exact) mass is 409 g/mol. The number of benzene rings is 1. The molecule has 0 bridgehead atoms. The van der Waals surface area contributed by atoms with Crippen molar-refractivity contribution in [3.8, 4) is 6.07 Å². The number of Topliss-reactive ketones (excluding diaryl/α,β-unsaturated/α-hetero) is 1. The molecule has 0 spiro atoms. The molecule has 152 valence electrons. The van der Waals surface area contributed by atoms with Crippen LogP contribution in [0, 0.1) is 24.2 Å². The van der Waals surface area contributed by atoms with E-state index < -0.39 is 0 Å². The van der Waals surface area contributed by atoms with Crippen molar-refractivity contribution in [1.82, 2.24) is 10.3 Å². The van der Waals surface area contributed by atoms with Crippen molar-refractivity contribution in [2.45, 2.75) is 52.1 Å². The number of hydrogen-bond acceptors (Lipinski definition) is 5. The molecule has 1 aromatic carbocycles. The number of amides is 1. The Morgan fingerprint density at radius 2 is 1.86 bits per heavy atom. The van der Waals surface area contributed by atoms with Gasteiger partial charge in [-0.1, -0.05) is 49.9 Å². The second-order valence-electron chi connectivity index (χ2n) is 7.56. The second kappa shape index (κ2) is 10.2. The molecule has 1 heterocycles. The SMILES string of the molecule is CC(=O)c1cc(C#N)c(SCC(=O)NC(C)c2ccc(CC(C)C)cc2)nc1C. The summed E-state index contributed by atoms with van der Waals surface area (Å²) >= 11 is 1.20. The Labute approximate surface area is 176 Å². The zero-order valence-corrected chi connectivity index (χ0v) is 18.4. The minimum absolute atomic E-state index is 0.110. The lowest BCUT2D eigenvalue weighted by molar-refractivity contribution is -0.119. The Hall–Kier alpha value is -2.65. The third kappa shape index (κ3) is 6.43. The molecule has 2 aromatic rings. The Balaban J connectivity index is 1.98. The lowest BCUT2D eigenvalue weighted by atomic mass is 10.00. The fraction of sp³-hybridized carbons (Fsp3) is 0.391. The van der Waals surface area contributed by atoms with Gasteiger partial charge in [-0.05, 0) is 50.3 Å². The molecule has 0 fully saturated rings. The predicted octanol–water partition coefficient (Wildman–Crippen LogP) is 4.63. The number of carbonyl (C=O) groups excluding carboxylic acids is 2. The van der Waals surface area contributed by atoms with Gasteiger partial charge < -0.3 is 5.32 Å². The van der Waals surface area contributed by atoms with Gasteiger partial charge in [-0.3, -0.25) is 9.59 Å². The van der Waals surface area contributed by atoms with Crippen LogP contribution in [0.15, 0.2) is 35.4 Å². The molecule has 0 radical (unpaired) electrons. The number of rotatable bonds is 8. The first kappa shape index (κ1) is 22.6. The van der Waals surface area contributed by atoms with Crippen LogP contribution in [0.4, 0.5) is 0 Å². The van der Waals surface area contributed by atoms with E-state index in [0.717, 1.165) is 12.0 Å². The van der Waals surface area contributed by atoms with Crippen molar-refractivity contribution >= 4 is 23.5 Å². The highest BCUT2D eigenvalue weighted by Crippen LogP contribution is 2.23. The van der Waals surface area contributed by atoms with Gasteiger partial charge in [0.25, 0.3) is 0 Å². The minimum atomic E-state index is -0.132. The van der Waals surface area contributed by atoms with Gasteiger partial charge in [0.2, 0.25) is 5.91 Å². The largest absolute Gasteiger partial charge is 0.349 e. The zero-order valence-electron chi connectivity index (χ0n) is 17.6. The maximum absolute atomic E-state index is 12.4. The number of aromatic nitrogens is 1. The van der Waals surface area contributed by atoms with Crippen LogP contribution in [0.25, 0.3) is 0 Å². The third-order valence-corrected chi connectivity index (χ3v) is 5.51. The molecule has 0 aliphatic heterocycles. The van der Waals surface area contributed by atoms with E-state index in [9.17, 15) is 14.9 Å². The van der Waals surface area contributed by atoms with Crippen LogP contribution in [-0.4, -0.2) is 22.4 Å². The first-order valence-corrected chi connectivity index (χ1v) is 10.6. The second-order valence-corrected chi connectivity index (χ2v) is 8.52. The highest BCUT2D eigenvalue weighted by Gasteiger charge is 2.15. The Morgan fingerprint density at radius 3 is 2.41 bits per heavy atom. The molecule has 1 atom stereocenters. The molecular formula is C23H27N3O2S. The molecule has 0 aliphatic carbocycles. The van der Waals surface area contributed by atoms with Crippen molar-refractivity contribution in [3.05, 3.63) is 58.3 Å². The normalized spacial score (nSPS) is 11.8. The van der Waals surface area contributed by atoms with Crippen molar-refractivity contribution in [2.75, 3.05) is 5.75 Å². The molecule has 5 nitrogen and oxygen atoms in total. The summed E-state index contributed by atoms with van der Waals surface area (Å²) in [6, 6.07) is 11.8. The average Bonchev–Trinajstić information content (AvgIpc) is 2.66. The van der Waals surface area contributed by atoms with E-state index in [1.165, 1.54) is 24.2 Å². The number of thioether (sulfide) groups is 1. The van der Waals surface area contributed by atoms with Gasteiger partial charge in [-0.2, -0.15) is 5.26 Å². The van der Waals surface area contributed by atoms with Gasteiger partial charge in [0.05, 0.1) is 17.4 Å². The predicted molar refractivity (Wildman–Crippen MR) is 116 cm³/mol. The Bertz CT molecular complexity index is 930. The number of ketones is 1. The number of nitrogens with zero attached hydrogens (tertiary/aromatic N) is 2. The molecule has 0 aliphatic rings. The van der Waals surface area contributed by atoms with Gasteiger partial charge in [0.15, 0.2) is 5.78 Å². The summed E-state index contributed by atoms with van der Waals surface area (Å²) in [7, 11) is 0. The van der Waals surface area contributed by atoms with E-state index in [4.69, 9.17) is 0 Å². The number of carbonyl (C=O) groups is 2. The van der Waals surface area contributed by atoms with Gasteiger partial charge in [-0.25, -0.2) is 4.98 Å². The Morgan fingerprint density at radius 1 is 1.21 bits per heavy atom. The van der Waals surface area contributed by atoms with Crippen molar-refractivity contribution in [3.63, 3.8) is 0 Å².